The number of aromatic nitrogens is 2. The average Bonchev–Trinajstić information content (AvgIpc) is 2.83. The maximum absolute atomic E-state index is 13.0. The van der Waals surface area contributed by atoms with Crippen LogP contribution >= 0.6 is 11.8 Å². The van der Waals surface area contributed by atoms with Gasteiger partial charge in [-0.05, 0) is 57.2 Å². The largest absolute Gasteiger partial charge is 0.497 e. The zero-order chi connectivity index (χ0) is 24.3. The Kier molecular flexibility index (Phi) is 7.09. The molecule has 0 aliphatic carbocycles. The van der Waals surface area contributed by atoms with E-state index in [4.69, 9.17) is 24.2 Å². The summed E-state index contributed by atoms with van der Waals surface area (Å²) in [7, 11) is 3.22. The lowest BCUT2D eigenvalue weighted by Gasteiger charge is -2.32. The SMILES string of the molecule is COc1ccc(-c2nc3c(c(S[C@@H](C)C(=O)Nc4ccccc4OC)n2)COC(C)(C)C3)cc1. The number of rotatable bonds is 7. The minimum Gasteiger partial charge on any atom is -0.497 e. The summed E-state index contributed by atoms with van der Waals surface area (Å²) in [4.78, 5) is 22.7. The highest BCUT2D eigenvalue weighted by Gasteiger charge is 2.31. The normalized spacial score (nSPS) is 15.2. The molecule has 0 fully saturated rings. The highest BCUT2D eigenvalue weighted by atomic mass is 32.2. The Morgan fingerprint density at radius 1 is 1.09 bits per heavy atom. The van der Waals surface area contributed by atoms with Crippen molar-refractivity contribution in [3.8, 4) is 22.9 Å². The van der Waals surface area contributed by atoms with Gasteiger partial charge in [-0.3, -0.25) is 4.79 Å². The van der Waals surface area contributed by atoms with E-state index in [2.05, 4.69) is 19.2 Å². The third-order valence-electron chi connectivity index (χ3n) is 5.63. The predicted octanol–water partition coefficient (Wildman–Crippen LogP) is 5.13. The minimum atomic E-state index is -0.400. The van der Waals surface area contributed by atoms with E-state index in [9.17, 15) is 4.79 Å². The number of ether oxygens (including phenoxy) is 3. The molecule has 0 saturated carbocycles. The molecule has 8 heteroatoms. The number of hydrogen-bond acceptors (Lipinski definition) is 7. The van der Waals surface area contributed by atoms with E-state index in [0.717, 1.165) is 27.6 Å². The summed E-state index contributed by atoms with van der Waals surface area (Å²) in [6.07, 6.45) is 0.670. The van der Waals surface area contributed by atoms with E-state index >= 15 is 0 Å². The van der Waals surface area contributed by atoms with E-state index < -0.39 is 5.25 Å². The van der Waals surface area contributed by atoms with Gasteiger partial charge in [0.15, 0.2) is 5.82 Å². The second-order valence-electron chi connectivity index (χ2n) is 8.68. The second-order valence-corrected chi connectivity index (χ2v) is 10.0. The molecule has 0 unspecified atom stereocenters. The van der Waals surface area contributed by atoms with Crippen LogP contribution < -0.4 is 14.8 Å². The molecule has 1 aliphatic heterocycles. The van der Waals surface area contributed by atoms with Crippen molar-refractivity contribution in [2.45, 2.75) is 49.7 Å². The van der Waals surface area contributed by atoms with Crippen molar-refractivity contribution in [3.05, 3.63) is 59.8 Å². The molecular weight excluding hydrogens is 450 g/mol. The summed E-state index contributed by atoms with van der Waals surface area (Å²) in [5.74, 6) is 1.88. The fraction of sp³-hybridized carbons (Fsp3) is 0.346. The minimum absolute atomic E-state index is 0.134. The molecule has 0 bridgehead atoms. The molecule has 1 atom stereocenters. The summed E-state index contributed by atoms with van der Waals surface area (Å²) in [6, 6.07) is 15.0. The molecule has 2 aromatic carbocycles. The zero-order valence-corrected chi connectivity index (χ0v) is 20.9. The Bertz CT molecular complexity index is 1180. The van der Waals surface area contributed by atoms with E-state index in [-0.39, 0.29) is 11.5 Å². The van der Waals surface area contributed by atoms with E-state index in [0.29, 0.717) is 30.3 Å². The second kappa shape index (κ2) is 10.0. The first-order valence-corrected chi connectivity index (χ1v) is 12.0. The lowest BCUT2D eigenvalue weighted by Crippen LogP contribution is -2.33. The van der Waals surface area contributed by atoms with Gasteiger partial charge in [0.05, 0.1) is 43.1 Å². The van der Waals surface area contributed by atoms with Gasteiger partial charge in [0.25, 0.3) is 0 Å². The quantitative estimate of drug-likeness (QED) is 0.371. The van der Waals surface area contributed by atoms with Gasteiger partial charge in [-0.2, -0.15) is 0 Å². The fourth-order valence-corrected chi connectivity index (χ4v) is 4.65. The number of carbonyl (C=O) groups excluding carboxylic acids is 1. The summed E-state index contributed by atoms with van der Waals surface area (Å²) in [5.41, 5.74) is 3.11. The van der Waals surface area contributed by atoms with Crippen molar-refractivity contribution in [3.63, 3.8) is 0 Å². The molecule has 0 spiro atoms. The summed E-state index contributed by atoms with van der Waals surface area (Å²) < 4.78 is 16.7. The molecule has 1 aliphatic rings. The Labute approximate surface area is 204 Å². The number of methoxy groups -OCH3 is 2. The van der Waals surface area contributed by atoms with Crippen LogP contribution in [0.1, 0.15) is 32.0 Å². The van der Waals surface area contributed by atoms with Gasteiger partial charge in [-0.15, -0.1) is 0 Å². The van der Waals surface area contributed by atoms with E-state index in [1.165, 1.54) is 11.8 Å². The van der Waals surface area contributed by atoms with Gasteiger partial charge in [-0.25, -0.2) is 9.97 Å². The molecule has 3 aromatic rings. The number of amides is 1. The number of benzene rings is 2. The first kappa shape index (κ1) is 24.0. The lowest BCUT2D eigenvalue weighted by atomic mass is 9.96. The number of nitrogens with one attached hydrogen (secondary N) is 1. The Morgan fingerprint density at radius 2 is 1.82 bits per heavy atom. The highest BCUT2D eigenvalue weighted by molar-refractivity contribution is 8.00. The number of para-hydroxylation sites is 2. The van der Waals surface area contributed by atoms with Crippen LogP contribution in [-0.4, -0.2) is 40.9 Å². The third kappa shape index (κ3) is 5.34. The Balaban J connectivity index is 1.63. The van der Waals surface area contributed by atoms with Crippen LogP contribution in [0.25, 0.3) is 11.4 Å². The zero-order valence-electron chi connectivity index (χ0n) is 20.0. The summed E-state index contributed by atoms with van der Waals surface area (Å²) >= 11 is 1.41. The predicted molar refractivity (Wildman–Crippen MR) is 134 cm³/mol. The molecule has 1 aromatic heterocycles. The van der Waals surface area contributed by atoms with Crippen molar-refractivity contribution < 1.29 is 19.0 Å². The average molecular weight is 480 g/mol. The molecule has 0 saturated heterocycles. The fourth-order valence-electron chi connectivity index (χ4n) is 3.69. The maximum Gasteiger partial charge on any atom is 0.237 e. The first-order valence-electron chi connectivity index (χ1n) is 11.1. The van der Waals surface area contributed by atoms with Gasteiger partial charge >= 0.3 is 0 Å². The van der Waals surface area contributed by atoms with Gasteiger partial charge < -0.3 is 19.5 Å². The molecule has 0 radical (unpaired) electrons. The number of carbonyl (C=O) groups is 1. The van der Waals surface area contributed by atoms with Crippen LogP contribution in [-0.2, 0) is 22.6 Å². The van der Waals surface area contributed by atoms with Crippen LogP contribution in [0.4, 0.5) is 5.69 Å². The van der Waals surface area contributed by atoms with Crippen LogP contribution in [0.3, 0.4) is 0 Å². The van der Waals surface area contributed by atoms with E-state index in [1.807, 2.05) is 55.5 Å². The van der Waals surface area contributed by atoms with Crippen molar-refractivity contribution in [2.24, 2.45) is 0 Å². The molecule has 4 rings (SSSR count). The van der Waals surface area contributed by atoms with E-state index in [1.54, 1.807) is 14.2 Å². The van der Waals surface area contributed by atoms with Crippen molar-refractivity contribution >= 4 is 23.4 Å². The molecule has 34 heavy (non-hydrogen) atoms. The molecule has 2 heterocycles. The third-order valence-corrected chi connectivity index (χ3v) is 6.75. The van der Waals surface area contributed by atoms with Crippen molar-refractivity contribution in [2.75, 3.05) is 19.5 Å². The van der Waals surface area contributed by atoms with Crippen LogP contribution in [0.2, 0.25) is 0 Å². The highest BCUT2D eigenvalue weighted by Crippen LogP contribution is 2.36. The van der Waals surface area contributed by atoms with Crippen LogP contribution in [0.5, 0.6) is 11.5 Å². The maximum atomic E-state index is 13.0. The van der Waals surface area contributed by atoms with Crippen LogP contribution in [0.15, 0.2) is 53.6 Å². The molecular formula is C26H29N3O4S. The Morgan fingerprint density at radius 3 is 2.53 bits per heavy atom. The Hall–Kier alpha value is -3.10. The molecule has 1 amide bonds. The topological polar surface area (TPSA) is 82.6 Å². The first-order chi connectivity index (χ1) is 16.3. The summed E-state index contributed by atoms with van der Waals surface area (Å²) in [6.45, 7) is 6.39. The monoisotopic (exact) mass is 479 g/mol. The van der Waals surface area contributed by atoms with Gasteiger partial charge in [0.2, 0.25) is 5.91 Å². The summed E-state index contributed by atoms with van der Waals surface area (Å²) in [5, 5.41) is 3.32. The van der Waals surface area contributed by atoms with Crippen molar-refractivity contribution in [1.82, 2.24) is 9.97 Å². The van der Waals surface area contributed by atoms with Crippen LogP contribution in [0, 0.1) is 0 Å². The van der Waals surface area contributed by atoms with Gasteiger partial charge in [-0.1, -0.05) is 23.9 Å². The molecule has 178 valence electrons. The number of anilines is 1. The van der Waals surface area contributed by atoms with Gasteiger partial charge in [0.1, 0.15) is 16.5 Å². The molecule has 1 N–H and O–H groups in total. The van der Waals surface area contributed by atoms with Gasteiger partial charge in [0, 0.05) is 17.5 Å². The smallest absolute Gasteiger partial charge is 0.237 e. The lowest BCUT2D eigenvalue weighted by molar-refractivity contribution is -0.115. The number of nitrogens with zero attached hydrogens (tertiary/aromatic N) is 2. The van der Waals surface area contributed by atoms with Crippen molar-refractivity contribution in [1.29, 1.82) is 0 Å². The standard InChI is InChI=1S/C26H29N3O4S/c1-16(24(30)28-20-8-6-7-9-22(20)32-5)34-25-19-15-33-26(2,3)14-21(19)27-23(29-25)17-10-12-18(31-4)13-11-17/h6-13,16H,14-15H2,1-5H3,(H,28,30)/t16-/m0/s1. The molecule has 7 nitrogen and oxygen atoms in total. The number of hydrogen-bond donors (Lipinski definition) is 1. The number of thioether (sulfide) groups is 1. The number of fused-ring (bicyclic) bond motifs is 1.